The maximum absolute atomic E-state index is 11.9. The first-order valence-electron chi connectivity index (χ1n) is 5.27. The van der Waals surface area contributed by atoms with E-state index in [0.717, 1.165) is 5.69 Å². The molecule has 3 N–H and O–H groups in total. The molecular weight excluding hydrogens is 222 g/mol. The van der Waals surface area contributed by atoms with E-state index in [0.29, 0.717) is 11.4 Å². The van der Waals surface area contributed by atoms with Crippen LogP contribution < -0.4 is 11.1 Å². The van der Waals surface area contributed by atoms with Gasteiger partial charge in [0.1, 0.15) is 4.88 Å². The van der Waals surface area contributed by atoms with Gasteiger partial charge in [-0.15, -0.1) is 11.3 Å². The Morgan fingerprint density at radius 2 is 2.25 bits per heavy atom. The lowest BCUT2D eigenvalue weighted by Gasteiger charge is -2.30. The fourth-order valence-corrected chi connectivity index (χ4v) is 2.08. The van der Waals surface area contributed by atoms with Crippen LogP contribution in [0.1, 0.15) is 36.1 Å². The van der Waals surface area contributed by atoms with Crippen LogP contribution in [-0.2, 0) is 0 Å². The third-order valence-electron chi connectivity index (χ3n) is 2.54. The number of carbonyl (C=O) groups excluding carboxylic acids is 1. The van der Waals surface area contributed by atoms with Gasteiger partial charge in [-0.2, -0.15) is 0 Å². The summed E-state index contributed by atoms with van der Waals surface area (Å²) in [5.41, 5.74) is 8.08. The second-order valence-electron chi connectivity index (χ2n) is 4.89. The highest BCUT2D eigenvalue weighted by molar-refractivity contribution is 7.11. The number of aromatic nitrogens is 1. The fourth-order valence-electron chi connectivity index (χ4n) is 1.37. The Kier molecular flexibility index (Phi) is 4.04. The summed E-state index contributed by atoms with van der Waals surface area (Å²) in [6.07, 6.45) is 0. The predicted octanol–water partition coefficient (Wildman–Crippen LogP) is 1.55. The van der Waals surface area contributed by atoms with Crippen molar-refractivity contribution in [2.24, 2.45) is 11.1 Å². The van der Waals surface area contributed by atoms with Crippen molar-refractivity contribution >= 4 is 17.2 Å². The molecule has 5 heteroatoms. The molecule has 4 nitrogen and oxygen atoms in total. The molecule has 0 saturated heterocycles. The molecule has 0 aliphatic rings. The number of hydrogen-bond donors (Lipinski definition) is 2. The van der Waals surface area contributed by atoms with Crippen LogP contribution in [0.4, 0.5) is 0 Å². The van der Waals surface area contributed by atoms with Crippen molar-refractivity contribution in [1.29, 1.82) is 0 Å². The highest BCUT2D eigenvalue weighted by Gasteiger charge is 2.26. The number of nitrogens with one attached hydrogen (secondary N) is 1. The third-order valence-corrected chi connectivity index (χ3v) is 3.47. The number of carbonyl (C=O) groups is 1. The smallest absolute Gasteiger partial charge is 0.263 e. The SMILES string of the molecule is Cc1ncsc1C(=O)NC(CN)C(C)(C)C. The lowest BCUT2D eigenvalue weighted by atomic mass is 9.87. The maximum Gasteiger partial charge on any atom is 0.263 e. The highest BCUT2D eigenvalue weighted by atomic mass is 32.1. The first kappa shape index (κ1) is 13.1. The molecule has 1 amide bonds. The molecule has 1 rings (SSSR count). The van der Waals surface area contributed by atoms with Gasteiger partial charge in [0.15, 0.2) is 0 Å². The summed E-state index contributed by atoms with van der Waals surface area (Å²) in [5, 5.41) is 2.96. The molecule has 1 heterocycles. The molecule has 1 atom stereocenters. The summed E-state index contributed by atoms with van der Waals surface area (Å²) >= 11 is 1.36. The van der Waals surface area contributed by atoms with E-state index < -0.39 is 0 Å². The topological polar surface area (TPSA) is 68.0 Å². The monoisotopic (exact) mass is 241 g/mol. The van der Waals surface area contributed by atoms with Crippen LogP contribution in [0.25, 0.3) is 0 Å². The molecule has 0 bridgehead atoms. The Hall–Kier alpha value is -0.940. The normalized spacial score (nSPS) is 13.6. The molecular formula is C11H19N3OS. The summed E-state index contributed by atoms with van der Waals surface area (Å²) in [6, 6.07) is -0.0264. The average molecular weight is 241 g/mol. The van der Waals surface area contributed by atoms with Gasteiger partial charge in [0.2, 0.25) is 0 Å². The lowest BCUT2D eigenvalue weighted by molar-refractivity contribution is 0.0909. The van der Waals surface area contributed by atoms with Crippen molar-refractivity contribution in [2.75, 3.05) is 6.54 Å². The maximum atomic E-state index is 11.9. The minimum atomic E-state index is -0.0784. The summed E-state index contributed by atoms with van der Waals surface area (Å²) in [6.45, 7) is 8.45. The van der Waals surface area contributed by atoms with E-state index in [1.54, 1.807) is 5.51 Å². The zero-order valence-corrected chi connectivity index (χ0v) is 11.0. The van der Waals surface area contributed by atoms with E-state index in [1.165, 1.54) is 11.3 Å². The van der Waals surface area contributed by atoms with Crippen molar-refractivity contribution in [3.05, 3.63) is 16.1 Å². The van der Waals surface area contributed by atoms with Crippen LogP contribution in [-0.4, -0.2) is 23.5 Å². The van der Waals surface area contributed by atoms with Gasteiger partial charge in [-0.1, -0.05) is 20.8 Å². The van der Waals surface area contributed by atoms with Crippen molar-refractivity contribution in [3.8, 4) is 0 Å². The Morgan fingerprint density at radius 1 is 1.62 bits per heavy atom. The quantitative estimate of drug-likeness (QED) is 0.843. The largest absolute Gasteiger partial charge is 0.347 e. The molecule has 0 radical (unpaired) electrons. The molecule has 0 saturated carbocycles. The van der Waals surface area contributed by atoms with Crippen LogP contribution >= 0.6 is 11.3 Å². The summed E-state index contributed by atoms with van der Waals surface area (Å²) in [4.78, 5) is 16.7. The van der Waals surface area contributed by atoms with Gasteiger partial charge in [0.05, 0.1) is 11.2 Å². The summed E-state index contributed by atoms with van der Waals surface area (Å²) in [5.74, 6) is -0.0784. The molecule has 90 valence electrons. The first-order valence-corrected chi connectivity index (χ1v) is 6.15. The molecule has 1 aromatic heterocycles. The zero-order valence-electron chi connectivity index (χ0n) is 10.2. The molecule has 0 aromatic carbocycles. The Balaban J connectivity index is 2.74. The van der Waals surface area contributed by atoms with E-state index in [4.69, 9.17) is 5.73 Å². The van der Waals surface area contributed by atoms with Gasteiger partial charge in [0, 0.05) is 12.6 Å². The molecule has 1 aromatic rings. The number of nitrogens with zero attached hydrogens (tertiary/aromatic N) is 1. The van der Waals surface area contributed by atoms with Crippen molar-refractivity contribution in [3.63, 3.8) is 0 Å². The van der Waals surface area contributed by atoms with Gasteiger partial charge in [-0.05, 0) is 12.3 Å². The zero-order chi connectivity index (χ0) is 12.3. The highest BCUT2D eigenvalue weighted by Crippen LogP contribution is 2.20. The van der Waals surface area contributed by atoms with Gasteiger partial charge in [-0.3, -0.25) is 4.79 Å². The Labute approximate surface area is 100 Å². The van der Waals surface area contributed by atoms with Crippen molar-refractivity contribution in [1.82, 2.24) is 10.3 Å². The van der Waals surface area contributed by atoms with E-state index in [2.05, 4.69) is 31.1 Å². The minimum absolute atomic E-state index is 0.0264. The van der Waals surface area contributed by atoms with E-state index >= 15 is 0 Å². The third kappa shape index (κ3) is 3.02. The predicted molar refractivity (Wildman–Crippen MR) is 66.6 cm³/mol. The number of rotatable bonds is 3. The molecule has 0 fully saturated rings. The average Bonchev–Trinajstić information content (AvgIpc) is 2.58. The van der Waals surface area contributed by atoms with Crippen LogP contribution in [0.15, 0.2) is 5.51 Å². The second-order valence-corrected chi connectivity index (χ2v) is 5.75. The van der Waals surface area contributed by atoms with Crippen LogP contribution in [0.3, 0.4) is 0 Å². The van der Waals surface area contributed by atoms with Crippen molar-refractivity contribution < 1.29 is 4.79 Å². The number of aryl methyl sites for hydroxylation is 1. The Bertz CT molecular complexity index is 368. The second kappa shape index (κ2) is 4.93. The van der Waals surface area contributed by atoms with Crippen LogP contribution in [0.2, 0.25) is 0 Å². The molecule has 0 spiro atoms. The van der Waals surface area contributed by atoms with Crippen LogP contribution in [0.5, 0.6) is 0 Å². The van der Waals surface area contributed by atoms with Gasteiger partial charge >= 0.3 is 0 Å². The van der Waals surface area contributed by atoms with Gasteiger partial charge in [-0.25, -0.2) is 4.98 Å². The fraction of sp³-hybridized carbons (Fsp3) is 0.636. The number of amides is 1. The molecule has 1 unspecified atom stereocenters. The van der Waals surface area contributed by atoms with Crippen LogP contribution in [0, 0.1) is 12.3 Å². The number of hydrogen-bond acceptors (Lipinski definition) is 4. The minimum Gasteiger partial charge on any atom is -0.347 e. The van der Waals surface area contributed by atoms with Crippen molar-refractivity contribution in [2.45, 2.75) is 33.7 Å². The van der Waals surface area contributed by atoms with E-state index in [-0.39, 0.29) is 17.4 Å². The Morgan fingerprint density at radius 3 is 2.62 bits per heavy atom. The molecule has 0 aliphatic heterocycles. The number of thiazole rings is 1. The first-order chi connectivity index (χ1) is 7.36. The van der Waals surface area contributed by atoms with E-state index in [9.17, 15) is 4.79 Å². The molecule has 16 heavy (non-hydrogen) atoms. The molecule has 0 aliphatic carbocycles. The standard InChI is InChI=1S/C11H19N3OS/c1-7-9(16-6-13-7)10(15)14-8(5-12)11(2,3)4/h6,8H,5,12H2,1-4H3,(H,14,15). The number of nitrogens with two attached hydrogens (primary N) is 1. The summed E-state index contributed by atoms with van der Waals surface area (Å²) in [7, 11) is 0. The van der Waals surface area contributed by atoms with Gasteiger partial charge in [0.25, 0.3) is 5.91 Å². The summed E-state index contributed by atoms with van der Waals surface area (Å²) < 4.78 is 0. The lowest BCUT2D eigenvalue weighted by Crippen LogP contribution is -2.48. The van der Waals surface area contributed by atoms with E-state index in [1.807, 2.05) is 6.92 Å². The van der Waals surface area contributed by atoms with Gasteiger partial charge < -0.3 is 11.1 Å².